The Hall–Kier alpha value is -1.89. The Balaban J connectivity index is 2.05. The second-order valence-electron chi connectivity index (χ2n) is 9.72. The molecule has 1 heterocycles. The summed E-state index contributed by atoms with van der Waals surface area (Å²) in [6, 6.07) is 9.65. The van der Waals surface area contributed by atoms with Crippen molar-refractivity contribution in [2.75, 3.05) is 91.0 Å². The fourth-order valence-corrected chi connectivity index (χ4v) is 5.36. The van der Waals surface area contributed by atoms with E-state index < -0.39 is 25.4 Å². The third kappa shape index (κ3) is 13.8. The van der Waals surface area contributed by atoms with Crippen LogP contribution in [0.15, 0.2) is 30.3 Å². The first-order valence-corrected chi connectivity index (χ1v) is 15.0. The van der Waals surface area contributed by atoms with Crippen LogP contribution >= 0.6 is 7.37 Å². The van der Waals surface area contributed by atoms with Gasteiger partial charge in [0, 0.05) is 65.1 Å². The molecule has 0 bridgehead atoms. The molecule has 13 heteroatoms. The number of rotatable bonds is 13. The van der Waals surface area contributed by atoms with Crippen molar-refractivity contribution in [2.24, 2.45) is 0 Å². The van der Waals surface area contributed by atoms with E-state index in [1.165, 1.54) is 0 Å². The first-order chi connectivity index (χ1) is 18.1. The number of ether oxygens (including phenoxy) is 1. The number of aliphatic carboxylic acids is 2. The summed E-state index contributed by atoms with van der Waals surface area (Å²) in [5, 5.41) is 29.4. The first kappa shape index (κ1) is 32.3. The molecule has 4 N–H and O–H groups in total. The standard InChI is InChI=1S/C25H43N4O8P/c1-2-38(35,36)21-29-14-12-27(17-24(31)32)10-8-26(9-11-28(13-15-29)18-25(33)34)16-23(30)20-37-19-22-6-4-3-5-7-22/h3-7,23,30H,2,8-21H2,1H3,(H,31,32)(H,33,34)(H,35,36). The van der Waals surface area contributed by atoms with Gasteiger partial charge in [0.1, 0.15) is 0 Å². The molecule has 0 saturated carbocycles. The van der Waals surface area contributed by atoms with Crippen LogP contribution < -0.4 is 0 Å². The SMILES string of the molecule is CCP(=O)(O)CN1CCN(CC(=O)O)CCN(CC(O)COCc2ccccc2)CCN(CC(=O)O)CC1. The third-order valence-electron chi connectivity index (χ3n) is 6.45. The number of carboxylic acid groups (broad SMARTS) is 2. The molecule has 0 radical (unpaired) electrons. The summed E-state index contributed by atoms with van der Waals surface area (Å²) in [6.07, 6.45) is -0.657. The predicted octanol–water partition coefficient (Wildman–Crippen LogP) is 0.203. The van der Waals surface area contributed by atoms with E-state index in [0.717, 1.165) is 5.56 Å². The van der Waals surface area contributed by atoms with Gasteiger partial charge >= 0.3 is 11.9 Å². The molecule has 1 aliphatic heterocycles. The van der Waals surface area contributed by atoms with Gasteiger partial charge in [-0.2, -0.15) is 0 Å². The average molecular weight is 559 g/mol. The molecule has 216 valence electrons. The van der Waals surface area contributed by atoms with Gasteiger partial charge in [0.25, 0.3) is 0 Å². The van der Waals surface area contributed by atoms with Crippen molar-refractivity contribution in [1.29, 1.82) is 0 Å². The maximum absolute atomic E-state index is 12.4. The molecule has 1 aliphatic rings. The number of hydrogen-bond acceptors (Lipinski definition) is 9. The highest BCUT2D eigenvalue weighted by atomic mass is 31.2. The summed E-state index contributed by atoms with van der Waals surface area (Å²) in [5.74, 6) is -1.92. The summed E-state index contributed by atoms with van der Waals surface area (Å²) < 4.78 is 18.1. The van der Waals surface area contributed by atoms with Gasteiger partial charge in [0.05, 0.1) is 38.7 Å². The Kier molecular flexibility index (Phi) is 14.4. The van der Waals surface area contributed by atoms with Gasteiger partial charge in [-0.05, 0) is 5.56 Å². The van der Waals surface area contributed by atoms with Crippen LogP contribution in [-0.2, 0) is 25.5 Å². The highest BCUT2D eigenvalue weighted by Gasteiger charge is 2.24. The third-order valence-corrected chi connectivity index (χ3v) is 8.28. The normalized spacial score (nSPS) is 20.2. The summed E-state index contributed by atoms with van der Waals surface area (Å²) in [4.78, 5) is 40.5. The molecule has 1 fully saturated rings. The molecular formula is C25H43N4O8P. The van der Waals surface area contributed by atoms with Crippen LogP contribution in [0.5, 0.6) is 0 Å². The zero-order chi connectivity index (χ0) is 28.0. The Labute approximate surface area is 224 Å². The average Bonchev–Trinajstić information content (AvgIpc) is 2.85. The molecule has 0 amide bonds. The van der Waals surface area contributed by atoms with Crippen molar-refractivity contribution in [3.05, 3.63) is 35.9 Å². The molecule has 0 aliphatic carbocycles. The minimum Gasteiger partial charge on any atom is -0.480 e. The van der Waals surface area contributed by atoms with E-state index in [-0.39, 0.29) is 32.1 Å². The number of β-amino-alcohol motifs (C(OH)–C–C–N with tert-alkyl or cyclic N) is 1. The van der Waals surface area contributed by atoms with Crippen molar-refractivity contribution < 1.29 is 39.1 Å². The Bertz CT molecular complexity index is 861. The van der Waals surface area contributed by atoms with Gasteiger partial charge in [0.15, 0.2) is 0 Å². The lowest BCUT2D eigenvalue weighted by atomic mass is 10.2. The molecule has 0 aromatic heterocycles. The van der Waals surface area contributed by atoms with Gasteiger partial charge in [-0.3, -0.25) is 33.8 Å². The van der Waals surface area contributed by atoms with Crippen LogP contribution in [0.25, 0.3) is 0 Å². The number of benzene rings is 1. The van der Waals surface area contributed by atoms with E-state index >= 15 is 0 Å². The monoisotopic (exact) mass is 558 g/mol. The molecule has 1 aromatic carbocycles. The van der Waals surface area contributed by atoms with E-state index in [1.54, 1.807) is 16.7 Å². The quantitative estimate of drug-likeness (QED) is 0.245. The van der Waals surface area contributed by atoms with E-state index in [1.807, 2.05) is 40.1 Å². The molecule has 2 unspecified atom stereocenters. The number of hydrogen-bond donors (Lipinski definition) is 4. The predicted molar refractivity (Wildman–Crippen MR) is 144 cm³/mol. The molecule has 1 saturated heterocycles. The summed E-state index contributed by atoms with van der Waals surface area (Å²) in [5.41, 5.74) is 1.00. The number of carboxylic acids is 2. The smallest absolute Gasteiger partial charge is 0.317 e. The zero-order valence-electron chi connectivity index (χ0n) is 22.2. The van der Waals surface area contributed by atoms with Crippen molar-refractivity contribution in [3.8, 4) is 0 Å². The van der Waals surface area contributed by atoms with E-state index in [0.29, 0.717) is 65.5 Å². The molecule has 0 spiro atoms. The van der Waals surface area contributed by atoms with Gasteiger partial charge in [-0.25, -0.2) is 0 Å². The molecular weight excluding hydrogens is 515 g/mol. The van der Waals surface area contributed by atoms with Crippen LogP contribution in [0.1, 0.15) is 12.5 Å². The Morgan fingerprint density at radius 2 is 1.34 bits per heavy atom. The number of carbonyl (C=O) groups is 2. The van der Waals surface area contributed by atoms with Crippen LogP contribution in [0.2, 0.25) is 0 Å². The first-order valence-electron chi connectivity index (χ1n) is 13.0. The summed E-state index contributed by atoms with van der Waals surface area (Å²) in [7, 11) is -3.36. The lowest BCUT2D eigenvalue weighted by Gasteiger charge is -2.34. The zero-order valence-corrected chi connectivity index (χ0v) is 23.1. The van der Waals surface area contributed by atoms with Crippen LogP contribution in [0, 0.1) is 0 Å². The van der Waals surface area contributed by atoms with Crippen LogP contribution in [-0.4, -0.2) is 149 Å². The molecule has 38 heavy (non-hydrogen) atoms. The minimum atomic E-state index is -3.36. The van der Waals surface area contributed by atoms with Crippen LogP contribution in [0.3, 0.4) is 0 Å². The van der Waals surface area contributed by atoms with Crippen molar-refractivity contribution >= 4 is 19.3 Å². The van der Waals surface area contributed by atoms with Gasteiger partial charge in [0.2, 0.25) is 7.37 Å². The molecule has 1 aromatic rings. The van der Waals surface area contributed by atoms with Gasteiger partial charge < -0.3 is 24.9 Å². The lowest BCUT2D eigenvalue weighted by molar-refractivity contribution is -0.139. The Morgan fingerprint density at radius 3 is 1.82 bits per heavy atom. The Morgan fingerprint density at radius 1 is 0.868 bits per heavy atom. The number of aliphatic hydroxyl groups excluding tert-OH is 1. The van der Waals surface area contributed by atoms with Gasteiger partial charge in [-0.1, -0.05) is 37.3 Å². The minimum absolute atomic E-state index is 0.0212. The number of aliphatic hydroxyl groups is 1. The highest BCUT2D eigenvalue weighted by molar-refractivity contribution is 7.57. The summed E-state index contributed by atoms with van der Waals surface area (Å²) >= 11 is 0. The van der Waals surface area contributed by atoms with Crippen molar-refractivity contribution in [2.45, 2.75) is 19.6 Å². The highest BCUT2D eigenvalue weighted by Crippen LogP contribution is 2.40. The fraction of sp³-hybridized carbons (Fsp3) is 0.680. The topological polar surface area (TPSA) is 154 Å². The summed E-state index contributed by atoms with van der Waals surface area (Å²) in [6.45, 7) is 5.44. The lowest BCUT2D eigenvalue weighted by Crippen LogP contribution is -2.49. The largest absolute Gasteiger partial charge is 0.480 e. The fourth-order valence-electron chi connectivity index (χ4n) is 4.25. The van der Waals surface area contributed by atoms with Crippen LogP contribution in [0.4, 0.5) is 0 Å². The molecule has 2 atom stereocenters. The molecule has 2 rings (SSSR count). The van der Waals surface area contributed by atoms with Gasteiger partial charge in [-0.15, -0.1) is 0 Å². The number of nitrogens with zero attached hydrogens (tertiary/aromatic N) is 4. The maximum atomic E-state index is 12.4. The van der Waals surface area contributed by atoms with E-state index in [9.17, 15) is 34.4 Å². The maximum Gasteiger partial charge on any atom is 0.317 e. The van der Waals surface area contributed by atoms with Crippen molar-refractivity contribution in [1.82, 2.24) is 19.6 Å². The van der Waals surface area contributed by atoms with Crippen molar-refractivity contribution in [3.63, 3.8) is 0 Å². The second kappa shape index (κ2) is 16.9. The molecule has 12 nitrogen and oxygen atoms in total. The second-order valence-corrected chi connectivity index (χ2v) is 12.3. The van der Waals surface area contributed by atoms with E-state index in [4.69, 9.17) is 4.74 Å². The van der Waals surface area contributed by atoms with E-state index in [2.05, 4.69) is 0 Å².